The fraction of sp³-hybridized carbons (Fsp3) is 0.0714. The Kier molecular flexibility index (Phi) is 4.87. The molecule has 0 saturated heterocycles. The summed E-state index contributed by atoms with van der Waals surface area (Å²) in [5.41, 5.74) is 4.44. The van der Waals surface area contributed by atoms with E-state index in [0.717, 1.165) is 11.3 Å². The lowest BCUT2D eigenvalue weighted by Gasteiger charge is -2.06. The number of nitrogens with zero attached hydrogens (tertiary/aromatic N) is 1. The minimum Gasteiger partial charge on any atom is -0.503 e. The van der Waals surface area contributed by atoms with Gasteiger partial charge in [0.05, 0.1) is 23.5 Å². The number of halogens is 2. The van der Waals surface area contributed by atoms with Gasteiger partial charge in [0.1, 0.15) is 0 Å². The van der Waals surface area contributed by atoms with Crippen LogP contribution in [-0.4, -0.2) is 18.4 Å². The smallest absolute Gasteiger partial charge is 0.172 e. The van der Waals surface area contributed by atoms with E-state index >= 15 is 0 Å². The van der Waals surface area contributed by atoms with Crippen LogP contribution in [0.25, 0.3) is 0 Å². The first kappa shape index (κ1) is 14.7. The maximum atomic E-state index is 9.71. The van der Waals surface area contributed by atoms with E-state index in [2.05, 4.69) is 26.5 Å². The molecule has 2 aromatic rings. The van der Waals surface area contributed by atoms with Crippen LogP contribution in [0.3, 0.4) is 0 Å². The van der Waals surface area contributed by atoms with Crippen LogP contribution in [0, 0.1) is 0 Å². The first-order valence-corrected chi connectivity index (χ1v) is 6.88. The maximum Gasteiger partial charge on any atom is 0.172 e. The molecule has 2 N–H and O–H groups in total. The van der Waals surface area contributed by atoms with Gasteiger partial charge in [0.25, 0.3) is 0 Å². The van der Waals surface area contributed by atoms with Crippen molar-refractivity contribution < 1.29 is 9.84 Å². The fourth-order valence-corrected chi connectivity index (χ4v) is 2.21. The van der Waals surface area contributed by atoms with Crippen LogP contribution < -0.4 is 10.2 Å². The van der Waals surface area contributed by atoms with Gasteiger partial charge in [0, 0.05) is 5.02 Å². The van der Waals surface area contributed by atoms with Crippen molar-refractivity contribution in [3.8, 4) is 11.5 Å². The summed E-state index contributed by atoms with van der Waals surface area (Å²) in [7, 11) is 1.49. The topological polar surface area (TPSA) is 53.8 Å². The number of nitrogens with one attached hydrogen (secondary N) is 1. The zero-order chi connectivity index (χ0) is 14.5. The number of phenols is 1. The standard InChI is InChI=1S/C14H12BrClN2O2/c1-20-13-6-9(5-12(15)14(13)19)8-17-18-11-4-2-3-10(16)7-11/h2-8,18-19H,1H3/b17-8+. The van der Waals surface area contributed by atoms with Crippen molar-refractivity contribution in [3.05, 3.63) is 51.5 Å². The number of benzene rings is 2. The van der Waals surface area contributed by atoms with Crippen molar-refractivity contribution in [3.63, 3.8) is 0 Å². The lowest BCUT2D eigenvalue weighted by atomic mass is 10.2. The lowest BCUT2D eigenvalue weighted by Crippen LogP contribution is -1.92. The summed E-state index contributed by atoms with van der Waals surface area (Å²) in [6, 6.07) is 10.7. The Labute approximate surface area is 130 Å². The number of methoxy groups -OCH3 is 1. The molecule has 2 rings (SSSR count). The van der Waals surface area contributed by atoms with E-state index in [1.54, 1.807) is 30.5 Å². The van der Waals surface area contributed by atoms with Gasteiger partial charge in [0.2, 0.25) is 0 Å². The molecule has 4 nitrogen and oxygen atoms in total. The van der Waals surface area contributed by atoms with Crippen molar-refractivity contribution in [2.45, 2.75) is 0 Å². The molecule has 0 atom stereocenters. The molecule has 0 radical (unpaired) electrons. The van der Waals surface area contributed by atoms with E-state index in [4.69, 9.17) is 16.3 Å². The third kappa shape index (κ3) is 3.65. The zero-order valence-corrected chi connectivity index (χ0v) is 12.9. The molecule has 0 bridgehead atoms. The van der Waals surface area contributed by atoms with Gasteiger partial charge < -0.3 is 9.84 Å². The molecule has 0 aliphatic rings. The molecule has 0 aromatic heterocycles. The van der Waals surface area contributed by atoms with Crippen molar-refractivity contribution in [1.29, 1.82) is 0 Å². The van der Waals surface area contributed by atoms with E-state index < -0.39 is 0 Å². The quantitative estimate of drug-likeness (QED) is 0.636. The summed E-state index contributed by atoms with van der Waals surface area (Å²) < 4.78 is 5.61. The van der Waals surface area contributed by atoms with E-state index in [0.29, 0.717) is 15.2 Å². The van der Waals surface area contributed by atoms with Gasteiger partial charge in [-0.2, -0.15) is 5.10 Å². The van der Waals surface area contributed by atoms with Crippen LogP contribution in [-0.2, 0) is 0 Å². The molecular weight excluding hydrogens is 344 g/mol. The van der Waals surface area contributed by atoms with Crippen molar-refractivity contribution in [2.24, 2.45) is 5.10 Å². The summed E-state index contributed by atoms with van der Waals surface area (Å²) in [5.74, 6) is 0.441. The van der Waals surface area contributed by atoms with Gasteiger partial charge in [0.15, 0.2) is 11.5 Å². The van der Waals surface area contributed by atoms with Crippen LogP contribution in [0.2, 0.25) is 5.02 Å². The molecule has 0 aliphatic carbocycles. The summed E-state index contributed by atoms with van der Waals surface area (Å²) in [6.45, 7) is 0. The summed E-state index contributed by atoms with van der Waals surface area (Å²) in [5, 5.41) is 14.5. The average Bonchev–Trinajstić information content (AvgIpc) is 2.42. The van der Waals surface area contributed by atoms with Crippen LogP contribution in [0.5, 0.6) is 11.5 Å². The summed E-state index contributed by atoms with van der Waals surface area (Å²) in [4.78, 5) is 0. The number of phenolic OH excluding ortho intramolecular Hbond substituents is 1. The zero-order valence-electron chi connectivity index (χ0n) is 10.6. The Bertz CT molecular complexity index is 647. The second kappa shape index (κ2) is 6.63. The molecule has 0 amide bonds. The molecule has 6 heteroatoms. The third-order valence-electron chi connectivity index (χ3n) is 2.50. The van der Waals surface area contributed by atoms with Crippen molar-refractivity contribution in [1.82, 2.24) is 0 Å². The first-order chi connectivity index (χ1) is 9.60. The van der Waals surface area contributed by atoms with Crippen LogP contribution in [0.4, 0.5) is 5.69 Å². The first-order valence-electron chi connectivity index (χ1n) is 5.71. The van der Waals surface area contributed by atoms with Gasteiger partial charge in [-0.15, -0.1) is 0 Å². The molecule has 0 spiro atoms. The van der Waals surface area contributed by atoms with E-state index in [9.17, 15) is 5.11 Å². The molecule has 20 heavy (non-hydrogen) atoms. The second-order valence-corrected chi connectivity index (χ2v) is 5.22. The Balaban J connectivity index is 2.14. The Morgan fingerprint density at radius 1 is 1.35 bits per heavy atom. The number of rotatable bonds is 4. The van der Waals surface area contributed by atoms with Crippen LogP contribution in [0.1, 0.15) is 5.56 Å². The SMILES string of the molecule is COc1cc(/C=N/Nc2cccc(Cl)c2)cc(Br)c1O. The summed E-state index contributed by atoms with van der Waals surface area (Å²) in [6.07, 6.45) is 1.62. The Morgan fingerprint density at radius 3 is 2.85 bits per heavy atom. The highest BCUT2D eigenvalue weighted by Gasteiger charge is 2.07. The van der Waals surface area contributed by atoms with E-state index in [1.807, 2.05) is 12.1 Å². The van der Waals surface area contributed by atoms with Crippen molar-refractivity contribution in [2.75, 3.05) is 12.5 Å². The van der Waals surface area contributed by atoms with Gasteiger partial charge in [-0.05, 0) is 51.8 Å². The van der Waals surface area contributed by atoms with E-state index in [-0.39, 0.29) is 5.75 Å². The highest BCUT2D eigenvalue weighted by atomic mass is 79.9. The molecule has 0 heterocycles. The number of hydrazone groups is 1. The minimum atomic E-state index is 0.0625. The average molecular weight is 356 g/mol. The van der Waals surface area contributed by atoms with Crippen LogP contribution in [0.15, 0.2) is 46.0 Å². The highest BCUT2D eigenvalue weighted by Crippen LogP contribution is 2.34. The third-order valence-corrected chi connectivity index (χ3v) is 3.34. The molecular formula is C14H12BrClN2O2. The van der Waals surface area contributed by atoms with Gasteiger partial charge in [-0.25, -0.2) is 0 Å². The number of aromatic hydroxyl groups is 1. The van der Waals surface area contributed by atoms with Gasteiger partial charge in [-0.3, -0.25) is 5.43 Å². The maximum absolute atomic E-state index is 9.71. The predicted molar refractivity (Wildman–Crippen MR) is 85.0 cm³/mol. The molecule has 0 unspecified atom stereocenters. The molecule has 2 aromatic carbocycles. The molecule has 0 aliphatic heterocycles. The second-order valence-electron chi connectivity index (χ2n) is 3.93. The lowest BCUT2D eigenvalue weighted by molar-refractivity contribution is 0.372. The largest absolute Gasteiger partial charge is 0.503 e. The van der Waals surface area contributed by atoms with Crippen LogP contribution >= 0.6 is 27.5 Å². The molecule has 104 valence electrons. The Morgan fingerprint density at radius 2 is 2.15 bits per heavy atom. The highest BCUT2D eigenvalue weighted by molar-refractivity contribution is 9.10. The number of anilines is 1. The normalized spacial score (nSPS) is 10.8. The number of hydrogen-bond donors (Lipinski definition) is 2. The monoisotopic (exact) mass is 354 g/mol. The fourth-order valence-electron chi connectivity index (χ4n) is 1.56. The molecule has 0 fully saturated rings. The predicted octanol–water partition coefficient (Wildman–Crippen LogP) is 4.26. The van der Waals surface area contributed by atoms with E-state index in [1.165, 1.54) is 7.11 Å². The minimum absolute atomic E-state index is 0.0625. The van der Waals surface area contributed by atoms with Gasteiger partial charge in [-0.1, -0.05) is 17.7 Å². The molecule has 0 saturated carbocycles. The number of ether oxygens (including phenoxy) is 1. The summed E-state index contributed by atoms with van der Waals surface area (Å²) >= 11 is 9.13. The number of hydrogen-bond acceptors (Lipinski definition) is 4. The Hall–Kier alpha value is -1.72. The van der Waals surface area contributed by atoms with Gasteiger partial charge >= 0.3 is 0 Å². The van der Waals surface area contributed by atoms with Crippen molar-refractivity contribution >= 4 is 39.4 Å².